The van der Waals surface area contributed by atoms with Gasteiger partial charge >= 0.3 is 5.97 Å². The average Bonchev–Trinajstić information content (AvgIpc) is 2.65. The van der Waals surface area contributed by atoms with Gasteiger partial charge in [-0.15, -0.1) is 0 Å². The zero-order valence-corrected chi connectivity index (χ0v) is 15.0. The maximum Gasteiger partial charge on any atom is 0.303 e. The highest BCUT2D eigenvalue weighted by atomic mass is 16.5. The van der Waals surface area contributed by atoms with Crippen LogP contribution in [0.1, 0.15) is 24.0 Å². The summed E-state index contributed by atoms with van der Waals surface area (Å²) in [6, 6.07) is 12.8. The fourth-order valence-electron chi connectivity index (χ4n) is 2.50. The van der Waals surface area contributed by atoms with Crippen LogP contribution in [0.4, 0.5) is 5.69 Å². The molecule has 0 spiro atoms. The largest absolute Gasteiger partial charge is 0.497 e. The molecular formula is C20H23NO5. The summed E-state index contributed by atoms with van der Waals surface area (Å²) in [4.78, 5) is 22.7. The molecule has 26 heavy (non-hydrogen) atoms. The van der Waals surface area contributed by atoms with Crippen molar-refractivity contribution in [3.63, 3.8) is 0 Å². The molecule has 1 amide bonds. The summed E-state index contributed by atoms with van der Waals surface area (Å²) >= 11 is 0. The first-order valence-electron chi connectivity index (χ1n) is 8.32. The number of hydrogen-bond donors (Lipinski definition) is 2. The molecule has 0 aliphatic rings. The van der Waals surface area contributed by atoms with E-state index in [0.717, 1.165) is 11.1 Å². The van der Waals surface area contributed by atoms with Gasteiger partial charge in [-0.25, -0.2) is 0 Å². The van der Waals surface area contributed by atoms with E-state index in [1.165, 1.54) is 0 Å². The number of rotatable bonds is 9. The highest BCUT2D eigenvalue weighted by molar-refractivity contribution is 5.90. The molecule has 0 bridgehead atoms. The highest BCUT2D eigenvalue weighted by Crippen LogP contribution is 2.23. The van der Waals surface area contributed by atoms with Crippen LogP contribution >= 0.6 is 0 Å². The molecule has 6 nitrogen and oxygen atoms in total. The third-order valence-electron chi connectivity index (χ3n) is 3.92. The lowest BCUT2D eigenvalue weighted by atomic mass is 10.1. The Bertz CT molecular complexity index is 733. The number of amides is 1. The second-order valence-electron chi connectivity index (χ2n) is 5.86. The van der Waals surface area contributed by atoms with Crippen molar-refractivity contribution in [3.05, 3.63) is 53.6 Å². The molecule has 138 valence electrons. The van der Waals surface area contributed by atoms with Gasteiger partial charge in [-0.05, 0) is 48.2 Å². The zero-order chi connectivity index (χ0) is 18.9. The van der Waals surface area contributed by atoms with Gasteiger partial charge in [0, 0.05) is 24.6 Å². The number of benzene rings is 2. The van der Waals surface area contributed by atoms with E-state index >= 15 is 0 Å². The lowest BCUT2D eigenvalue weighted by Gasteiger charge is -2.09. The normalized spacial score (nSPS) is 10.2. The van der Waals surface area contributed by atoms with E-state index in [1.54, 1.807) is 32.4 Å². The number of carboxylic acid groups (broad SMARTS) is 1. The summed E-state index contributed by atoms with van der Waals surface area (Å²) in [5.74, 6) is 0.468. The third kappa shape index (κ3) is 6.12. The molecule has 0 aliphatic heterocycles. The van der Waals surface area contributed by atoms with Crippen molar-refractivity contribution in [2.24, 2.45) is 0 Å². The number of aliphatic carboxylic acids is 1. The Hall–Kier alpha value is -3.02. The van der Waals surface area contributed by atoms with Crippen LogP contribution in [0.2, 0.25) is 0 Å². The number of aryl methyl sites for hydroxylation is 2. The molecule has 0 saturated heterocycles. The molecule has 0 heterocycles. The van der Waals surface area contributed by atoms with Crippen LogP contribution in [0, 0.1) is 0 Å². The summed E-state index contributed by atoms with van der Waals surface area (Å²) in [6.07, 6.45) is 1.46. The van der Waals surface area contributed by atoms with Crippen molar-refractivity contribution in [1.82, 2.24) is 0 Å². The van der Waals surface area contributed by atoms with Gasteiger partial charge in [0.25, 0.3) is 0 Å². The summed E-state index contributed by atoms with van der Waals surface area (Å²) in [7, 11) is 3.18. The third-order valence-corrected chi connectivity index (χ3v) is 3.92. The van der Waals surface area contributed by atoms with Crippen LogP contribution in [-0.4, -0.2) is 31.2 Å². The van der Waals surface area contributed by atoms with Gasteiger partial charge in [-0.2, -0.15) is 0 Å². The number of carbonyl (C=O) groups excluding carboxylic acids is 1. The second-order valence-corrected chi connectivity index (χ2v) is 5.86. The minimum atomic E-state index is -0.823. The maximum atomic E-state index is 12.1. The van der Waals surface area contributed by atoms with Crippen molar-refractivity contribution < 1.29 is 24.2 Å². The molecule has 0 unspecified atom stereocenters. The van der Waals surface area contributed by atoms with Crippen molar-refractivity contribution in [2.45, 2.75) is 25.7 Å². The van der Waals surface area contributed by atoms with Crippen LogP contribution in [0.25, 0.3) is 0 Å². The lowest BCUT2D eigenvalue weighted by molar-refractivity contribution is -0.137. The van der Waals surface area contributed by atoms with E-state index < -0.39 is 5.97 Å². The molecule has 0 aliphatic carbocycles. The van der Waals surface area contributed by atoms with Crippen molar-refractivity contribution in [1.29, 1.82) is 0 Å². The van der Waals surface area contributed by atoms with Crippen LogP contribution in [-0.2, 0) is 22.4 Å². The Kier molecular flexibility index (Phi) is 7.02. The zero-order valence-electron chi connectivity index (χ0n) is 15.0. The minimum Gasteiger partial charge on any atom is -0.497 e. The fraction of sp³-hybridized carbons (Fsp3) is 0.300. The first kappa shape index (κ1) is 19.3. The average molecular weight is 357 g/mol. The van der Waals surface area contributed by atoms with Gasteiger partial charge in [-0.1, -0.05) is 12.1 Å². The number of nitrogens with one attached hydrogen (secondary N) is 1. The Morgan fingerprint density at radius 1 is 0.885 bits per heavy atom. The lowest BCUT2D eigenvalue weighted by Crippen LogP contribution is -2.12. The summed E-state index contributed by atoms with van der Waals surface area (Å²) in [6.45, 7) is 0. The van der Waals surface area contributed by atoms with Gasteiger partial charge in [0.15, 0.2) is 0 Å². The number of methoxy groups -OCH3 is 2. The molecule has 0 aromatic heterocycles. The number of carboxylic acids is 1. The summed E-state index contributed by atoms with van der Waals surface area (Å²) < 4.78 is 10.5. The van der Waals surface area contributed by atoms with Crippen molar-refractivity contribution >= 4 is 17.6 Å². The topological polar surface area (TPSA) is 84.9 Å². The first-order valence-corrected chi connectivity index (χ1v) is 8.32. The van der Waals surface area contributed by atoms with E-state index in [1.807, 2.05) is 24.3 Å². The van der Waals surface area contributed by atoms with E-state index in [2.05, 4.69) is 5.32 Å². The van der Waals surface area contributed by atoms with Crippen LogP contribution in [0.5, 0.6) is 11.5 Å². The summed E-state index contributed by atoms with van der Waals surface area (Å²) in [5.41, 5.74) is 2.58. The van der Waals surface area contributed by atoms with Crippen molar-refractivity contribution in [3.8, 4) is 11.5 Å². The quantitative estimate of drug-likeness (QED) is 0.719. The molecule has 0 fully saturated rings. The number of anilines is 1. The Morgan fingerprint density at radius 3 is 2.00 bits per heavy atom. The van der Waals surface area contributed by atoms with E-state index in [4.69, 9.17) is 14.6 Å². The van der Waals surface area contributed by atoms with Crippen LogP contribution in [0.15, 0.2) is 42.5 Å². The maximum absolute atomic E-state index is 12.1. The monoisotopic (exact) mass is 357 g/mol. The van der Waals surface area contributed by atoms with Crippen LogP contribution < -0.4 is 14.8 Å². The first-order chi connectivity index (χ1) is 12.5. The molecular weight excluding hydrogens is 334 g/mol. The Morgan fingerprint density at radius 2 is 1.46 bits per heavy atom. The number of ether oxygens (including phenoxy) is 2. The molecule has 2 rings (SSSR count). The van der Waals surface area contributed by atoms with Gasteiger partial charge in [0.2, 0.25) is 5.91 Å². The predicted molar refractivity (Wildman–Crippen MR) is 98.9 cm³/mol. The molecule has 6 heteroatoms. The number of hydrogen-bond acceptors (Lipinski definition) is 4. The van der Waals surface area contributed by atoms with Gasteiger partial charge in [0.05, 0.1) is 14.2 Å². The Labute approximate surface area is 152 Å². The molecule has 2 aromatic rings. The van der Waals surface area contributed by atoms with Crippen LogP contribution in [0.3, 0.4) is 0 Å². The molecule has 0 radical (unpaired) electrons. The van der Waals surface area contributed by atoms with Gasteiger partial charge in [-0.3, -0.25) is 9.59 Å². The molecule has 2 aromatic carbocycles. The smallest absolute Gasteiger partial charge is 0.303 e. The van der Waals surface area contributed by atoms with Gasteiger partial charge < -0.3 is 19.9 Å². The van der Waals surface area contributed by atoms with E-state index in [0.29, 0.717) is 36.4 Å². The van der Waals surface area contributed by atoms with E-state index in [9.17, 15) is 9.59 Å². The standard InChI is InChI=1S/C20H23NO5/c1-25-17-11-15(12-18(13-17)26-2)5-9-19(22)21-16-7-3-14(4-8-16)6-10-20(23)24/h3-4,7-8,11-13H,5-6,9-10H2,1-2H3,(H,21,22)(H,23,24). The van der Waals surface area contributed by atoms with E-state index in [-0.39, 0.29) is 12.3 Å². The summed E-state index contributed by atoms with van der Waals surface area (Å²) in [5, 5.41) is 11.5. The minimum absolute atomic E-state index is 0.0925. The number of carbonyl (C=O) groups is 2. The van der Waals surface area contributed by atoms with Crippen molar-refractivity contribution in [2.75, 3.05) is 19.5 Å². The highest BCUT2D eigenvalue weighted by Gasteiger charge is 2.07. The Balaban J connectivity index is 1.88. The second kappa shape index (κ2) is 9.46. The SMILES string of the molecule is COc1cc(CCC(=O)Nc2ccc(CCC(=O)O)cc2)cc(OC)c1. The van der Waals surface area contributed by atoms with Gasteiger partial charge in [0.1, 0.15) is 11.5 Å². The molecule has 0 saturated carbocycles. The predicted octanol–water partition coefficient (Wildman–Crippen LogP) is 3.29. The molecule has 0 atom stereocenters. The molecule has 2 N–H and O–H groups in total. The fourth-order valence-corrected chi connectivity index (χ4v) is 2.50.